The van der Waals surface area contributed by atoms with Crippen molar-refractivity contribution in [2.24, 2.45) is 16.5 Å². The van der Waals surface area contributed by atoms with Crippen LogP contribution in [0.3, 0.4) is 0 Å². The van der Waals surface area contributed by atoms with E-state index in [0.717, 1.165) is 17.1 Å². The highest BCUT2D eigenvalue weighted by Crippen LogP contribution is 2.30. The zero-order valence-corrected chi connectivity index (χ0v) is 8.27. The quantitative estimate of drug-likeness (QED) is 0.537. The SMILES string of the molecule is NC(N)=NCc1ccc2c(c1)OCCO2. The van der Waals surface area contributed by atoms with E-state index in [4.69, 9.17) is 20.9 Å². The number of nitrogens with two attached hydrogens (primary N) is 2. The second kappa shape index (κ2) is 4.08. The van der Waals surface area contributed by atoms with Gasteiger partial charge in [-0.3, -0.25) is 0 Å². The number of ether oxygens (including phenoxy) is 2. The van der Waals surface area contributed by atoms with E-state index in [1.54, 1.807) is 0 Å². The minimum atomic E-state index is 0.0879. The van der Waals surface area contributed by atoms with Crippen molar-refractivity contribution in [1.29, 1.82) is 0 Å². The lowest BCUT2D eigenvalue weighted by Gasteiger charge is -2.18. The second-order valence-corrected chi connectivity index (χ2v) is 3.22. The van der Waals surface area contributed by atoms with E-state index in [9.17, 15) is 0 Å². The van der Waals surface area contributed by atoms with Gasteiger partial charge in [-0.2, -0.15) is 0 Å². The summed E-state index contributed by atoms with van der Waals surface area (Å²) in [6.07, 6.45) is 0. The molecule has 15 heavy (non-hydrogen) atoms. The van der Waals surface area contributed by atoms with Gasteiger partial charge in [-0.15, -0.1) is 0 Å². The van der Waals surface area contributed by atoms with Crippen LogP contribution in [0.15, 0.2) is 23.2 Å². The highest BCUT2D eigenvalue weighted by atomic mass is 16.6. The normalized spacial score (nSPS) is 13.3. The van der Waals surface area contributed by atoms with Crippen molar-refractivity contribution >= 4 is 5.96 Å². The smallest absolute Gasteiger partial charge is 0.186 e. The van der Waals surface area contributed by atoms with Crippen molar-refractivity contribution in [1.82, 2.24) is 0 Å². The largest absolute Gasteiger partial charge is 0.486 e. The van der Waals surface area contributed by atoms with Crippen molar-refractivity contribution < 1.29 is 9.47 Å². The van der Waals surface area contributed by atoms with Gasteiger partial charge in [0.1, 0.15) is 13.2 Å². The first-order valence-corrected chi connectivity index (χ1v) is 4.69. The molecule has 1 aromatic rings. The van der Waals surface area contributed by atoms with Crippen molar-refractivity contribution in [3.63, 3.8) is 0 Å². The van der Waals surface area contributed by atoms with Crippen LogP contribution in [-0.2, 0) is 6.54 Å². The van der Waals surface area contributed by atoms with Crippen LogP contribution in [0.5, 0.6) is 11.5 Å². The second-order valence-electron chi connectivity index (χ2n) is 3.22. The molecule has 1 aromatic carbocycles. The molecule has 0 amide bonds. The van der Waals surface area contributed by atoms with Crippen molar-refractivity contribution in [2.45, 2.75) is 6.54 Å². The van der Waals surface area contributed by atoms with Gasteiger partial charge in [0, 0.05) is 0 Å². The fourth-order valence-electron chi connectivity index (χ4n) is 1.37. The Morgan fingerprint density at radius 3 is 2.67 bits per heavy atom. The molecule has 0 aromatic heterocycles. The number of rotatable bonds is 2. The highest BCUT2D eigenvalue weighted by molar-refractivity contribution is 5.75. The van der Waals surface area contributed by atoms with Gasteiger partial charge in [-0.25, -0.2) is 4.99 Å². The maximum absolute atomic E-state index is 5.43. The molecular weight excluding hydrogens is 194 g/mol. The van der Waals surface area contributed by atoms with Crippen LogP contribution in [0.1, 0.15) is 5.56 Å². The lowest BCUT2D eigenvalue weighted by molar-refractivity contribution is 0.171. The van der Waals surface area contributed by atoms with E-state index in [2.05, 4.69) is 4.99 Å². The Balaban J connectivity index is 2.17. The molecule has 80 valence electrons. The third kappa shape index (κ3) is 2.31. The molecule has 4 N–H and O–H groups in total. The van der Waals surface area contributed by atoms with E-state index < -0.39 is 0 Å². The molecule has 0 spiro atoms. The van der Waals surface area contributed by atoms with Gasteiger partial charge in [-0.1, -0.05) is 6.07 Å². The van der Waals surface area contributed by atoms with Gasteiger partial charge in [0.15, 0.2) is 17.5 Å². The standard InChI is InChI=1S/C10H13N3O2/c11-10(12)13-6-7-1-2-8-9(5-7)15-4-3-14-8/h1-2,5H,3-4,6H2,(H4,11,12,13). The molecule has 0 radical (unpaired) electrons. The number of hydrogen-bond acceptors (Lipinski definition) is 3. The van der Waals surface area contributed by atoms with E-state index >= 15 is 0 Å². The van der Waals surface area contributed by atoms with Gasteiger partial charge in [-0.05, 0) is 17.7 Å². The summed E-state index contributed by atoms with van der Waals surface area (Å²) in [6, 6.07) is 5.67. The Kier molecular flexibility index (Phi) is 2.62. The average molecular weight is 207 g/mol. The lowest BCUT2D eigenvalue weighted by atomic mass is 10.2. The topological polar surface area (TPSA) is 82.9 Å². The molecule has 5 nitrogen and oxygen atoms in total. The number of nitrogens with zero attached hydrogens (tertiary/aromatic N) is 1. The fraction of sp³-hybridized carbons (Fsp3) is 0.300. The molecule has 5 heteroatoms. The zero-order chi connectivity index (χ0) is 10.7. The summed E-state index contributed by atoms with van der Waals surface area (Å²) in [5.41, 5.74) is 11.5. The Morgan fingerprint density at radius 2 is 1.93 bits per heavy atom. The van der Waals surface area contributed by atoms with Gasteiger partial charge in [0.25, 0.3) is 0 Å². The first-order chi connectivity index (χ1) is 7.25. The minimum Gasteiger partial charge on any atom is -0.486 e. The number of aliphatic imine (C=N–C) groups is 1. The Morgan fingerprint density at radius 1 is 1.20 bits per heavy atom. The number of benzene rings is 1. The maximum atomic E-state index is 5.43. The van der Waals surface area contributed by atoms with Crippen LogP contribution in [0.4, 0.5) is 0 Å². The van der Waals surface area contributed by atoms with Crippen LogP contribution in [0, 0.1) is 0 Å². The molecule has 1 aliphatic rings. The van der Waals surface area contributed by atoms with Gasteiger partial charge >= 0.3 is 0 Å². The summed E-state index contributed by atoms with van der Waals surface area (Å²) >= 11 is 0. The van der Waals surface area contributed by atoms with Crippen molar-refractivity contribution in [2.75, 3.05) is 13.2 Å². The highest BCUT2D eigenvalue weighted by Gasteiger charge is 2.11. The number of hydrogen-bond donors (Lipinski definition) is 2. The zero-order valence-electron chi connectivity index (χ0n) is 8.27. The number of fused-ring (bicyclic) bond motifs is 1. The summed E-state index contributed by atoms with van der Waals surface area (Å²) in [5.74, 6) is 1.61. The molecule has 1 heterocycles. The molecule has 1 aliphatic heterocycles. The Hall–Kier alpha value is -1.91. The molecule has 2 rings (SSSR count). The van der Waals surface area contributed by atoms with E-state index in [1.807, 2.05) is 18.2 Å². The van der Waals surface area contributed by atoms with Crippen LogP contribution in [0.2, 0.25) is 0 Å². The summed E-state index contributed by atoms with van der Waals surface area (Å²) in [6.45, 7) is 1.64. The van der Waals surface area contributed by atoms with E-state index in [-0.39, 0.29) is 5.96 Å². The Labute approximate surface area is 87.7 Å². The predicted octanol–water partition coefficient (Wildman–Crippen LogP) is 0.231. The first-order valence-electron chi connectivity index (χ1n) is 4.69. The molecule has 0 aliphatic carbocycles. The average Bonchev–Trinajstić information content (AvgIpc) is 2.26. The molecular formula is C10H13N3O2. The van der Waals surface area contributed by atoms with E-state index in [1.165, 1.54) is 0 Å². The summed E-state index contributed by atoms with van der Waals surface area (Å²) in [5, 5.41) is 0. The summed E-state index contributed by atoms with van der Waals surface area (Å²) in [7, 11) is 0. The first kappa shape index (κ1) is 9.64. The van der Waals surface area contributed by atoms with Gasteiger partial charge in [0.2, 0.25) is 0 Å². The molecule has 0 saturated carbocycles. The molecule has 0 fully saturated rings. The predicted molar refractivity (Wildman–Crippen MR) is 56.9 cm³/mol. The van der Waals surface area contributed by atoms with Crippen LogP contribution in [-0.4, -0.2) is 19.2 Å². The van der Waals surface area contributed by atoms with Crippen molar-refractivity contribution in [3.05, 3.63) is 23.8 Å². The fourth-order valence-corrected chi connectivity index (χ4v) is 1.37. The Bertz CT molecular complexity index is 386. The lowest BCUT2D eigenvalue weighted by Crippen LogP contribution is -2.22. The molecule has 0 atom stereocenters. The maximum Gasteiger partial charge on any atom is 0.186 e. The van der Waals surface area contributed by atoms with Gasteiger partial charge in [0.05, 0.1) is 6.54 Å². The molecule has 0 unspecified atom stereocenters. The van der Waals surface area contributed by atoms with Crippen molar-refractivity contribution in [3.8, 4) is 11.5 Å². The van der Waals surface area contributed by atoms with Crippen LogP contribution >= 0.6 is 0 Å². The van der Waals surface area contributed by atoms with E-state index in [0.29, 0.717) is 19.8 Å². The molecule has 0 saturated heterocycles. The summed E-state index contributed by atoms with van der Waals surface area (Å²) in [4.78, 5) is 3.92. The minimum absolute atomic E-state index is 0.0879. The number of guanidine groups is 1. The molecule has 0 bridgehead atoms. The third-order valence-electron chi connectivity index (χ3n) is 2.05. The third-order valence-corrected chi connectivity index (χ3v) is 2.05. The monoisotopic (exact) mass is 207 g/mol. The van der Waals surface area contributed by atoms with Gasteiger partial charge < -0.3 is 20.9 Å². The van der Waals surface area contributed by atoms with Crippen LogP contribution < -0.4 is 20.9 Å². The van der Waals surface area contributed by atoms with Crippen LogP contribution in [0.25, 0.3) is 0 Å². The summed E-state index contributed by atoms with van der Waals surface area (Å²) < 4.78 is 10.8.